The Hall–Kier alpha value is -2.95. The Morgan fingerprint density at radius 2 is 1.52 bits per heavy atom. The molecule has 4 rings (SSSR count). The molecule has 1 heterocycles. The lowest BCUT2D eigenvalue weighted by atomic mass is 10.1. The van der Waals surface area contributed by atoms with Gasteiger partial charge in [-0.05, 0) is 42.5 Å². The zero-order valence-electron chi connectivity index (χ0n) is 14.0. The minimum absolute atomic E-state index is 0.226. The number of carbonyl (C=O) groups excluding carboxylic acids is 1. The maximum absolute atomic E-state index is 12.5. The summed E-state index contributed by atoms with van der Waals surface area (Å²) in [5.74, 6) is -0.0809. The predicted octanol–water partition coefficient (Wildman–Crippen LogP) is 5.86. The van der Waals surface area contributed by atoms with Gasteiger partial charge < -0.3 is 0 Å². The second-order valence-corrected chi connectivity index (χ2v) is 6.76. The number of hydrogen-bond acceptors (Lipinski definition) is 3. The number of hydrogen-bond donors (Lipinski definition) is 1. The van der Waals surface area contributed by atoms with Gasteiger partial charge in [-0.2, -0.15) is 0 Å². The number of carbonyl (C=O) groups is 1. The average molecular weight is 394 g/mol. The Balaban J connectivity index is 1.79. The predicted molar refractivity (Wildman–Crippen MR) is 109 cm³/mol. The zero-order chi connectivity index (χ0) is 18.8. The lowest BCUT2D eigenvalue weighted by Gasteiger charge is -2.10. The van der Waals surface area contributed by atoms with Crippen LogP contribution in [0.1, 0.15) is 10.4 Å². The summed E-state index contributed by atoms with van der Waals surface area (Å²) in [5, 5.41) is 4.74. The number of aromatic nitrogens is 2. The topological polar surface area (TPSA) is 54.9 Å². The molecule has 6 heteroatoms. The van der Waals surface area contributed by atoms with E-state index in [9.17, 15) is 4.79 Å². The molecule has 0 unspecified atom stereocenters. The van der Waals surface area contributed by atoms with E-state index in [0.717, 1.165) is 10.9 Å². The van der Waals surface area contributed by atoms with Gasteiger partial charge in [-0.25, -0.2) is 9.97 Å². The van der Waals surface area contributed by atoms with Crippen molar-refractivity contribution in [1.82, 2.24) is 9.97 Å². The summed E-state index contributed by atoms with van der Waals surface area (Å²) in [4.78, 5) is 21.5. The minimum Gasteiger partial charge on any atom is -0.290 e. The van der Waals surface area contributed by atoms with E-state index in [0.29, 0.717) is 26.8 Å². The molecule has 0 radical (unpaired) electrons. The number of nitrogens with one attached hydrogen (secondary N) is 1. The van der Waals surface area contributed by atoms with E-state index in [-0.39, 0.29) is 11.9 Å². The normalized spacial score (nSPS) is 10.7. The summed E-state index contributed by atoms with van der Waals surface area (Å²) in [6, 6.07) is 21.7. The van der Waals surface area contributed by atoms with Gasteiger partial charge >= 0.3 is 0 Å². The zero-order valence-corrected chi connectivity index (χ0v) is 15.5. The van der Waals surface area contributed by atoms with Crippen LogP contribution in [0.2, 0.25) is 10.0 Å². The summed E-state index contributed by atoms with van der Waals surface area (Å²) < 4.78 is 0. The molecule has 0 bridgehead atoms. The van der Waals surface area contributed by atoms with Crippen LogP contribution in [-0.4, -0.2) is 15.9 Å². The van der Waals surface area contributed by atoms with E-state index in [1.165, 1.54) is 0 Å². The van der Waals surface area contributed by atoms with Crippen molar-refractivity contribution in [3.63, 3.8) is 0 Å². The van der Waals surface area contributed by atoms with Crippen LogP contribution in [0.15, 0.2) is 72.8 Å². The Labute approximate surface area is 165 Å². The SMILES string of the molecule is O=C(Nc1nc(-c2ccccc2)c2cc(Cl)ccc2n1)c1ccc(Cl)cc1. The fraction of sp³-hybridized carbons (Fsp3) is 0. The van der Waals surface area contributed by atoms with E-state index in [1.807, 2.05) is 42.5 Å². The van der Waals surface area contributed by atoms with E-state index in [4.69, 9.17) is 23.2 Å². The molecule has 1 N–H and O–H groups in total. The molecule has 4 nitrogen and oxygen atoms in total. The molecule has 1 aromatic heterocycles. The number of halogens is 2. The first-order chi connectivity index (χ1) is 13.1. The number of anilines is 1. The quantitative estimate of drug-likeness (QED) is 0.474. The van der Waals surface area contributed by atoms with Crippen molar-refractivity contribution in [3.05, 3.63) is 88.4 Å². The van der Waals surface area contributed by atoms with E-state index >= 15 is 0 Å². The van der Waals surface area contributed by atoms with Crippen LogP contribution in [0, 0.1) is 0 Å². The lowest BCUT2D eigenvalue weighted by Crippen LogP contribution is -2.14. The molecule has 4 aromatic rings. The molecule has 0 saturated carbocycles. The second kappa shape index (κ2) is 7.35. The molecule has 0 aliphatic rings. The third-order valence-electron chi connectivity index (χ3n) is 4.04. The fourth-order valence-electron chi connectivity index (χ4n) is 2.75. The Kier molecular flexibility index (Phi) is 4.75. The highest BCUT2D eigenvalue weighted by Gasteiger charge is 2.13. The summed E-state index contributed by atoms with van der Waals surface area (Å²) in [7, 11) is 0. The van der Waals surface area contributed by atoms with Crippen molar-refractivity contribution >= 4 is 46.0 Å². The van der Waals surface area contributed by atoms with Gasteiger partial charge in [-0.15, -0.1) is 0 Å². The van der Waals surface area contributed by atoms with E-state index in [1.54, 1.807) is 30.3 Å². The van der Waals surface area contributed by atoms with Crippen molar-refractivity contribution in [2.75, 3.05) is 5.32 Å². The Morgan fingerprint density at radius 1 is 0.815 bits per heavy atom. The van der Waals surface area contributed by atoms with Gasteiger partial charge in [-0.3, -0.25) is 10.1 Å². The highest BCUT2D eigenvalue weighted by Crippen LogP contribution is 2.29. The number of amides is 1. The van der Waals surface area contributed by atoms with Crippen LogP contribution >= 0.6 is 23.2 Å². The monoisotopic (exact) mass is 393 g/mol. The first kappa shape index (κ1) is 17.5. The smallest absolute Gasteiger partial charge is 0.258 e. The van der Waals surface area contributed by atoms with Crippen LogP contribution in [-0.2, 0) is 0 Å². The van der Waals surface area contributed by atoms with Crippen LogP contribution in [0.3, 0.4) is 0 Å². The molecule has 1 amide bonds. The third-order valence-corrected chi connectivity index (χ3v) is 4.52. The summed E-state index contributed by atoms with van der Waals surface area (Å²) >= 11 is 12.0. The number of benzene rings is 3. The molecule has 0 fully saturated rings. The maximum atomic E-state index is 12.5. The highest BCUT2D eigenvalue weighted by molar-refractivity contribution is 6.31. The molecule has 0 aliphatic carbocycles. The molecule has 0 spiro atoms. The van der Waals surface area contributed by atoms with Crippen molar-refractivity contribution < 1.29 is 4.79 Å². The van der Waals surface area contributed by atoms with Gasteiger partial charge in [0, 0.05) is 26.6 Å². The third kappa shape index (κ3) is 3.77. The highest BCUT2D eigenvalue weighted by atomic mass is 35.5. The molecule has 27 heavy (non-hydrogen) atoms. The molecular weight excluding hydrogens is 381 g/mol. The van der Waals surface area contributed by atoms with Gasteiger partial charge in [0.2, 0.25) is 5.95 Å². The number of rotatable bonds is 3. The standard InChI is InChI=1S/C21H13Cl2N3O/c22-15-8-6-14(7-9-15)20(27)26-21-24-18-11-10-16(23)12-17(18)19(25-21)13-4-2-1-3-5-13/h1-12H,(H,24,25,26,27). The van der Waals surface area contributed by atoms with E-state index < -0.39 is 0 Å². The molecule has 132 valence electrons. The summed E-state index contributed by atoms with van der Waals surface area (Å²) in [5.41, 5.74) is 2.78. The van der Waals surface area contributed by atoms with Gasteiger partial charge in [0.25, 0.3) is 5.91 Å². The second-order valence-electron chi connectivity index (χ2n) is 5.88. The minimum atomic E-state index is -0.306. The molecular formula is C21H13Cl2N3O. The largest absolute Gasteiger partial charge is 0.290 e. The summed E-state index contributed by atoms with van der Waals surface area (Å²) in [6.45, 7) is 0. The van der Waals surface area contributed by atoms with Crippen LogP contribution in [0.5, 0.6) is 0 Å². The molecule has 3 aromatic carbocycles. The van der Waals surface area contributed by atoms with Crippen molar-refractivity contribution in [2.24, 2.45) is 0 Å². The van der Waals surface area contributed by atoms with E-state index in [2.05, 4.69) is 15.3 Å². The van der Waals surface area contributed by atoms with Gasteiger partial charge in [0.15, 0.2) is 0 Å². The van der Waals surface area contributed by atoms with Crippen molar-refractivity contribution in [3.8, 4) is 11.3 Å². The van der Waals surface area contributed by atoms with Gasteiger partial charge in [0.1, 0.15) is 0 Å². The Morgan fingerprint density at radius 3 is 2.26 bits per heavy atom. The number of nitrogens with zero attached hydrogens (tertiary/aromatic N) is 2. The Bertz CT molecular complexity index is 1130. The summed E-state index contributed by atoms with van der Waals surface area (Å²) in [6.07, 6.45) is 0. The number of fused-ring (bicyclic) bond motifs is 1. The van der Waals surface area contributed by atoms with Crippen molar-refractivity contribution in [1.29, 1.82) is 0 Å². The van der Waals surface area contributed by atoms with Crippen molar-refractivity contribution in [2.45, 2.75) is 0 Å². The maximum Gasteiger partial charge on any atom is 0.258 e. The van der Waals surface area contributed by atoms with Crippen LogP contribution in [0.25, 0.3) is 22.2 Å². The van der Waals surface area contributed by atoms with Crippen LogP contribution < -0.4 is 5.32 Å². The molecule has 0 atom stereocenters. The fourth-order valence-corrected chi connectivity index (χ4v) is 3.05. The van der Waals surface area contributed by atoms with Gasteiger partial charge in [0.05, 0.1) is 11.2 Å². The first-order valence-corrected chi connectivity index (χ1v) is 8.95. The van der Waals surface area contributed by atoms with Crippen LogP contribution in [0.4, 0.5) is 5.95 Å². The first-order valence-electron chi connectivity index (χ1n) is 8.20. The molecule has 0 aliphatic heterocycles. The average Bonchev–Trinajstić information content (AvgIpc) is 2.69. The van der Waals surface area contributed by atoms with Gasteiger partial charge in [-0.1, -0.05) is 53.5 Å². The lowest BCUT2D eigenvalue weighted by molar-refractivity contribution is 0.102. The molecule has 0 saturated heterocycles.